The van der Waals surface area contributed by atoms with E-state index in [1.165, 1.54) is 6.07 Å². The van der Waals surface area contributed by atoms with Gasteiger partial charge in [0.2, 0.25) is 0 Å². The van der Waals surface area contributed by atoms with E-state index in [1.54, 1.807) is 10.3 Å². The summed E-state index contributed by atoms with van der Waals surface area (Å²) in [7, 11) is 1.93. The normalized spacial score (nSPS) is 16.6. The molecule has 0 aliphatic carbocycles. The van der Waals surface area contributed by atoms with Crippen LogP contribution >= 0.6 is 11.3 Å². The number of nitrogens with zero attached hydrogens (tertiary/aromatic N) is 2. The maximum absolute atomic E-state index is 12.2. The fraction of sp³-hybridized carbons (Fsp3) is 0.583. The first-order valence-electron chi connectivity index (χ1n) is 6.28. The fourth-order valence-corrected chi connectivity index (χ4v) is 3.04. The molecule has 19 heavy (non-hydrogen) atoms. The highest BCUT2D eigenvalue weighted by molar-refractivity contribution is 7.13. The summed E-state index contributed by atoms with van der Waals surface area (Å²) < 4.78 is 0. The highest BCUT2D eigenvalue weighted by Gasteiger charge is 2.25. The molecule has 0 saturated carbocycles. The third-order valence-electron chi connectivity index (χ3n) is 3.41. The van der Waals surface area contributed by atoms with Gasteiger partial charge in [-0.25, -0.2) is 0 Å². The Morgan fingerprint density at radius 2 is 2.26 bits per heavy atom. The average molecular weight is 283 g/mol. The number of thiophene rings is 1. The van der Waals surface area contributed by atoms with E-state index in [2.05, 4.69) is 5.32 Å². The van der Waals surface area contributed by atoms with Gasteiger partial charge in [0.1, 0.15) is 0 Å². The molecule has 104 valence electrons. The third-order valence-corrected chi connectivity index (χ3v) is 4.29. The zero-order chi connectivity index (χ0) is 13.8. The molecule has 1 fully saturated rings. The molecule has 2 rings (SSSR count). The molecule has 1 N–H and O–H groups in total. The van der Waals surface area contributed by atoms with Gasteiger partial charge in [0, 0.05) is 24.5 Å². The molecule has 6 nitrogen and oxygen atoms in total. The SMILES string of the molecule is CNCC1CCN(C(=O)c2csc([N+](=O)[O-])c2)CC1. The summed E-state index contributed by atoms with van der Waals surface area (Å²) in [4.78, 5) is 24.1. The van der Waals surface area contributed by atoms with Crippen molar-refractivity contribution in [1.29, 1.82) is 0 Å². The molecule has 1 amide bonds. The predicted molar refractivity (Wildman–Crippen MR) is 73.5 cm³/mol. The molecular formula is C12H17N3O3S. The van der Waals surface area contributed by atoms with Crippen LogP contribution in [-0.4, -0.2) is 42.4 Å². The molecule has 1 saturated heterocycles. The van der Waals surface area contributed by atoms with Crippen molar-refractivity contribution in [1.82, 2.24) is 10.2 Å². The quantitative estimate of drug-likeness (QED) is 0.674. The van der Waals surface area contributed by atoms with Crippen LogP contribution in [0.25, 0.3) is 0 Å². The van der Waals surface area contributed by atoms with E-state index in [-0.39, 0.29) is 10.9 Å². The van der Waals surface area contributed by atoms with Gasteiger partial charge in [0.25, 0.3) is 5.91 Å². The molecule has 7 heteroatoms. The molecule has 1 aliphatic heterocycles. The van der Waals surface area contributed by atoms with Crippen molar-refractivity contribution in [2.45, 2.75) is 12.8 Å². The van der Waals surface area contributed by atoms with Gasteiger partial charge in [0.15, 0.2) is 0 Å². The van der Waals surface area contributed by atoms with Gasteiger partial charge >= 0.3 is 5.00 Å². The van der Waals surface area contributed by atoms with Crippen LogP contribution in [-0.2, 0) is 0 Å². The van der Waals surface area contributed by atoms with Crippen LogP contribution in [0.3, 0.4) is 0 Å². The lowest BCUT2D eigenvalue weighted by molar-refractivity contribution is -0.380. The van der Waals surface area contributed by atoms with Crippen LogP contribution in [0.4, 0.5) is 5.00 Å². The smallest absolute Gasteiger partial charge is 0.324 e. The van der Waals surface area contributed by atoms with Crippen molar-refractivity contribution >= 4 is 22.2 Å². The molecule has 0 atom stereocenters. The van der Waals surface area contributed by atoms with Gasteiger partial charge in [-0.05, 0) is 32.4 Å². The standard InChI is InChI=1S/C12H17N3O3S/c1-13-7-9-2-4-14(5-3-9)12(16)10-6-11(15(17)18)19-8-10/h6,8-9,13H,2-5,7H2,1H3. The van der Waals surface area contributed by atoms with Crippen LogP contribution in [0.5, 0.6) is 0 Å². The summed E-state index contributed by atoms with van der Waals surface area (Å²) in [6.07, 6.45) is 1.97. The Morgan fingerprint density at radius 3 is 2.79 bits per heavy atom. The number of carbonyl (C=O) groups is 1. The van der Waals surface area contributed by atoms with E-state index in [4.69, 9.17) is 0 Å². The first-order valence-corrected chi connectivity index (χ1v) is 7.16. The second kappa shape index (κ2) is 6.12. The van der Waals surface area contributed by atoms with Gasteiger partial charge in [-0.3, -0.25) is 14.9 Å². The van der Waals surface area contributed by atoms with E-state index in [0.717, 1.165) is 43.8 Å². The second-order valence-corrected chi connectivity index (χ2v) is 5.61. The summed E-state index contributed by atoms with van der Waals surface area (Å²) in [6, 6.07) is 1.37. The summed E-state index contributed by atoms with van der Waals surface area (Å²) in [5.41, 5.74) is 0.434. The number of piperidine rings is 1. The average Bonchev–Trinajstić information content (AvgIpc) is 2.89. The number of nitrogens with one attached hydrogen (secondary N) is 1. The number of rotatable bonds is 4. The minimum atomic E-state index is -0.458. The Labute approximate surface area is 115 Å². The van der Waals surface area contributed by atoms with E-state index in [1.807, 2.05) is 7.05 Å². The van der Waals surface area contributed by atoms with E-state index in [0.29, 0.717) is 11.5 Å². The molecule has 0 bridgehead atoms. The lowest BCUT2D eigenvalue weighted by Gasteiger charge is -2.31. The molecular weight excluding hydrogens is 266 g/mol. The topological polar surface area (TPSA) is 75.5 Å². The highest BCUT2D eigenvalue weighted by Crippen LogP contribution is 2.25. The number of carbonyl (C=O) groups excluding carboxylic acids is 1. The highest BCUT2D eigenvalue weighted by atomic mass is 32.1. The predicted octanol–water partition coefficient (Wildman–Crippen LogP) is 1.73. The maximum Gasteiger partial charge on any atom is 0.324 e. The van der Waals surface area contributed by atoms with Crippen LogP contribution in [0.2, 0.25) is 0 Å². The number of likely N-dealkylation sites (tertiary alicyclic amines) is 1. The molecule has 2 heterocycles. The Morgan fingerprint density at radius 1 is 1.58 bits per heavy atom. The number of hydrogen-bond acceptors (Lipinski definition) is 5. The fourth-order valence-electron chi connectivity index (χ4n) is 2.34. The second-order valence-electron chi connectivity index (χ2n) is 4.72. The van der Waals surface area contributed by atoms with Gasteiger partial charge < -0.3 is 10.2 Å². The minimum absolute atomic E-state index is 0.0217. The molecule has 0 spiro atoms. The molecule has 0 radical (unpaired) electrons. The van der Waals surface area contributed by atoms with Crippen molar-refractivity contribution in [3.8, 4) is 0 Å². The van der Waals surface area contributed by atoms with Crippen molar-refractivity contribution in [2.75, 3.05) is 26.7 Å². The van der Waals surface area contributed by atoms with Crippen LogP contribution in [0, 0.1) is 16.0 Å². The van der Waals surface area contributed by atoms with Crippen LogP contribution in [0.15, 0.2) is 11.4 Å². The van der Waals surface area contributed by atoms with E-state index >= 15 is 0 Å². The molecule has 0 unspecified atom stereocenters. The summed E-state index contributed by atoms with van der Waals surface area (Å²) in [5.74, 6) is 0.526. The van der Waals surface area contributed by atoms with E-state index < -0.39 is 4.92 Å². The Kier molecular flexibility index (Phi) is 4.49. The summed E-state index contributed by atoms with van der Waals surface area (Å²) >= 11 is 1.00. The Hall–Kier alpha value is -1.47. The van der Waals surface area contributed by atoms with Crippen LogP contribution < -0.4 is 5.32 Å². The maximum atomic E-state index is 12.2. The molecule has 1 aromatic heterocycles. The third kappa shape index (κ3) is 3.30. The van der Waals surface area contributed by atoms with Crippen LogP contribution in [0.1, 0.15) is 23.2 Å². The number of nitro groups is 1. The van der Waals surface area contributed by atoms with Gasteiger partial charge in [-0.15, -0.1) is 0 Å². The van der Waals surface area contributed by atoms with E-state index in [9.17, 15) is 14.9 Å². The number of hydrogen-bond donors (Lipinski definition) is 1. The zero-order valence-corrected chi connectivity index (χ0v) is 11.6. The largest absolute Gasteiger partial charge is 0.339 e. The van der Waals surface area contributed by atoms with Gasteiger partial charge in [-0.2, -0.15) is 0 Å². The lowest BCUT2D eigenvalue weighted by Crippen LogP contribution is -2.40. The first kappa shape index (κ1) is 14.0. The first-order chi connectivity index (χ1) is 9.11. The van der Waals surface area contributed by atoms with Crippen molar-refractivity contribution < 1.29 is 9.72 Å². The van der Waals surface area contributed by atoms with Gasteiger partial charge in [-0.1, -0.05) is 11.3 Å². The van der Waals surface area contributed by atoms with Crippen molar-refractivity contribution in [3.63, 3.8) is 0 Å². The van der Waals surface area contributed by atoms with Gasteiger partial charge in [0.05, 0.1) is 10.5 Å². The van der Waals surface area contributed by atoms with Crippen molar-refractivity contribution in [3.05, 3.63) is 27.1 Å². The summed E-state index contributed by atoms with van der Waals surface area (Å²) in [6.45, 7) is 2.44. The molecule has 1 aliphatic rings. The number of amides is 1. The summed E-state index contributed by atoms with van der Waals surface area (Å²) in [5, 5.41) is 15.4. The minimum Gasteiger partial charge on any atom is -0.339 e. The molecule has 0 aromatic carbocycles. The lowest BCUT2D eigenvalue weighted by atomic mass is 9.96. The Bertz CT molecular complexity index is 467. The molecule has 1 aromatic rings. The van der Waals surface area contributed by atoms with Crippen molar-refractivity contribution in [2.24, 2.45) is 5.92 Å². The zero-order valence-electron chi connectivity index (χ0n) is 10.8. The monoisotopic (exact) mass is 283 g/mol. The Balaban J connectivity index is 1.95.